The third-order valence-corrected chi connectivity index (χ3v) is 7.73. The molecule has 3 rings (SSSR count). The van der Waals surface area contributed by atoms with Gasteiger partial charge < -0.3 is 4.74 Å². The van der Waals surface area contributed by atoms with Crippen LogP contribution in [0.1, 0.15) is 36.5 Å². The average molecular weight is 384 g/mol. The van der Waals surface area contributed by atoms with Gasteiger partial charge in [-0.05, 0) is 43.5 Å². The van der Waals surface area contributed by atoms with Crippen LogP contribution < -0.4 is 0 Å². The molecule has 0 N–H and O–H groups in total. The molecule has 27 heavy (non-hydrogen) atoms. The summed E-state index contributed by atoms with van der Waals surface area (Å²) in [5.41, 5.74) is 2.02. The van der Waals surface area contributed by atoms with Gasteiger partial charge in [0.2, 0.25) is 0 Å². The third-order valence-electron chi connectivity index (χ3n) is 5.44. The molecular formula is C22H25NO3S. The largest absolute Gasteiger partial charge is 0.380 e. The molecule has 0 saturated heterocycles. The Bertz CT molecular complexity index is 943. The van der Waals surface area contributed by atoms with Gasteiger partial charge in [-0.1, -0.05) is 48.9 Å². The van der Waals surface area contributed by atoms with Crippen molar-refractivity contribution in [2.24, 2.45) is 5.41 Å². The highest BCUT2D eigenvalue weighted by molar-refractivity contribution is 7.92. The zero-order valence-electron chi connectivity index (χ0n) is 16.0. The SMILES string of the molecule is CCOC[C@@]1(C#N)[C@H](c2ccc(CC)cc2)[C@@H]1S(=O)(=O)c1ccc(C)cc1. The number of benzene rings is 2. The minimum atomic E-state index is -3.65. The molecule has 2 aromatic rings. The van der Waals surface area contributed by atoms with E-state index >= 15 is 0 Å². The van der Waals surface area contributed by atoms with Crippen LogP contribution in [0.15, 0.2) is 53.4 Å². The summed E-state index contributed by atoms with van der Waals surface area (Å²) in [6, 6.07) is 17.0. The number of hydrogen-bond donors (Lipinski definition) is 0. The van der Waals surface area contributed by atoms with Crippen molar-refractivity contribution in [3.05, 3.63) is 65.2 Å². The maximum absolute atomic E-state index is 13.3. The molecular weight excluding hydrogens is 358 g/mol. The summed E-state index contributed by atoms with van der Waals surface area (Å²) < 4.78 is 32.2. The maximum Gasteiger partial charge on any atom is 0.183 e. The molecule has 1 aliphatic carbocycles. The first-order valence-corrected chi connectivity index (χ1v) is 10.8. The van der Waals surface area contributed by atoms with Gasteiger partial charge in [0.25, 0.3) is 0 Å². The van der Waals surface area contributed by atoms with Crippen LogP contribution in [0.25, 0.3) is 0 Å². The Morgan fingerprint density at radius 2 is 1.70 bits per heavy atom. The number of nitriles is 1. The predicted octanol–water partition coefficient (Wildman–Crippen LogP) is 4.04. The molecule has 0 amide bonds. The topological polar surface area (TPSA) is 67.2 Å². The second-order valence-corrected chi connectivity index (χ2v) is 9.21. The van der Waals surface area contributed by atoms with Gasteiger partial charge in [0.05, 0.1) is 22.8 Å². The number of nitrogens with zero attached hydrogens (tertiary/aromatic N) is 1. The molecule has 142 valence electrons. The second kappa shape index (κ2) is 7.46. The minimum Gasteiger partial charge on any atom is -0.380 e. The van der Waals surface area contributed by atoms with Crippen LogP contribution in [-0.4, -0.2) is 26.9 Å². The zero-order valence-corrected chi connectivity index (χ0v) is 16.8. The fraction of sp³-hybridized carbons (Fsp3) is 0.409. The van der Waals surface area contributed by atoms with E-state index < -0.39 is 20.5 Å². The smallest absolute Gasteiger partial charge is 0.183 e. The van der Waals surface area contributed by atoms with E-state index in [-0.39, 0.29) is 17.4 Å². The van der Waals surface area contributed by atoms with E-state index in [1.54, 1.807) is 24.3 Å². The van der Waals surface area contributed by atoms with Gasteiger partial charge in [-0.3, -0.25) is 0 Å². The van der Waals surface area contributed by atoms with Crippen LogP contribution in [0.4, 0.5) is 0 Å². The van der Waals surface area contributed by atoms with E-state index in [0.717, 1.165) is 17.5 Å². The number of ether oxygens (including phenoxy) is 1. The molecule has 0 unspecified atom stereocenters. The van der Waals surface area contributed by atoms with Crippen molar-refractivity contribution in [1.29, 1.82) is 5.26 Å². The van der Waals surface area contributed by atoms with Crippen LogP contribution in [0.5, 0.6) is 0 Å². The lowest BCUT2D eigenvalue weighted by atomic mass is 10.00. The second-order valence-electron chi connectivity index (χ2n) is 7.14. The van der Waals surface area contributed by atoms with E-state index in [9.17, 15) is 13.7 Å². The van der Waals surface area contributed by atoms with Crippen LogP contribution in [0.2, 0.25) is 0 Å². The molecule has 1 aliphatic rings. The lowest BCUT2D eigenvalue weighted by molar-refractivity contribution is 0.117. The van der Waals surface area contributed by atoms with Crippen LogP contribution in [-0.2, 0) is 21.0 Å². The van der Waals surface area contributed by atoms with Crippen LogP contribution in [0, 0.1) is 23.7 Å². The first-order chi connectivity index (χ1) is 12.9. The summed E-state index contributed by atoms with van der Waals surface area (Å²) in [6.45, 7) is 6.41. The Hall–Kier alpha value is -2.16. The standard InChI is InChI=1S/C22H25NO3S/c1-4-17-8-10-18(11-9-17)20-21(22(20,14-23)15-26-5-2)27(24,25)19-12-6-16(3)7-13-19/h6-13,20-21H,4-5,15H2,1-3H3/t20-,21+,22+/m1/s1. The number of aryl methyl sites for hydroxylation is 2. The predicted molar refractivity (Wildman–Crippen MR) is 105 cm³/mol. The average Bonchev–Trinajstić information content (AvgIpc) is 3.37. The van der Waals surface area contributed by atoms with Crippen molar-refractivity contribution in [3.63, 3.8) is 0 Å². The van der Waals surface area contributed by atoms with E-state index in [1.807, 2.05) is 38.1 Å². The lowest BCUT2D eigenvalue weighted by Gasteiger charge is -2.10. The van der Waals surface area contributed by atoms with E-state index in [4.69, 9.17) is 4.74 Å². The Morgan fingerprint density at radius 1 is 1.07 bits per heavy atom. The van der Waals surface area contributed by atoms with Crippen molar-refractivity contribution in [2.45, 2.75) is 43.3 Å². The third kappa shape index (κ3) is 3.40. The summed E-state index contributed by atoms with van der Waals surface area (Å²) in [5.74, 6) is -0.383. The van der Waals surface area contributed by atoms with Gasteiger partial charge >= 0.3 is 0 Å². The van der Waals surface area contributed by atoms with Gasteiger partial charge in [0.1, 0.15) is 5.41 Å². The van der Waals surface area contributed by atoms with E-state index in [2.05, 4.69) is 13.0 Å². The molecule has 5 heteroatoms. The first-order valence-electron chi connectivity index (χ1n) is 9.29. The first kappa shape index (κ1) is 19.6. The molecule has 1 saturated carbocycles. The molecule has 1 fully saturated rings. The summed E-state index contributed by atoms with van der Waals surface area (Å²) in [6.07, 6.45) is 0.915. The van der Waals surface area contributed by atoms with Gasteiger partial charge in [-0.15, -0.1) is 0 Å². The molecule has 4 nitrogen and oxygen atoms in total. The number of sulfone groups is 1. The highest BCUT2D eigenvalue weighted by atomic mass is 32.2. The van der Waals surface area contributed by atoms with Crippen molar-refractivity contribution < 1.29 is 13.2 Å². The molecule has 0 bridgehead atoms. The Morgan fingerprint density at radius 3 is 2.22 bits per heavy atom. The number of hydrogen-bond acceptors (Lipinski definition) is 4. The summed E-state index contributed by atoms with van der Waals surface area (Å²) in [4.78, 5) is 0.266. The fourth-order valence-electron chi connectivity index (χ4n) is 3.78. The molecule has 0 spiro atoms. The Balaban J connectivity index is 2.04. The minimum absolute atomic E-state index is 0.121. The molecule has 2 aromatic carbocycles. The summed E-state index contributed by atoms with van der Waals surface area (Å²) in [7, 11) is -3.65. The molecule has 3 atom stereocenters. The highest BCUT2D eigenvalue weighted by Gasteiger charge is 2.72. The van der Waals surface area contributed by atoms with Gasteiger partial charge in [0, 0.05) is 12.5 Å². The quantitative estimate of drug-likeness (QED) is 0.723. The molecule has 0 aliphatic heterocycles. The van der Waals surface area contributed by atoms with Crippen molar-refractivity contribution in [1.82, 2.24) is 0 Å². The fourth-order valence-corrected chi connectivity index (χ4v) is 6.09. The van der Waals surface area contributed by atoms with Crippen LogP contribution in [0.3, 0.4) is 0 Å². The Kier molecular flexibility index (Phi) is 5.41. The van der Waals surface area contributed by atoms with Gasteiger partial charge in [0.15, 0.2) is 9.84 Å². The molecule has 0 radical (unpaired) electrons. The Labute approximate surface area is 161 Å². The van der Waals surface area contributed by atoms with Gasteiger partial charge in [-0.25, -0.2) is 8.42 Å². The number of rotatable bonds is 7. The van der Waals surface area contributed by atoms with E-state index in [0.29, 0.717) is 6.61 Å². The highest BCUT2D eigenvalue weighted by Crippen LogP contribution is 2.63. The van der Waals surface area contributed by atoms with Crippen molar-refractivity contribution in [2.75, 3.05) is 13.2 Å². The molecule has 0 heterocycles. The normalized spacial score (nSPS) is 24.4. The van der Waals surface area contributed by atoms with E-state index in [1.165, 1.54) is 5.56 Å². The summed E-state index contributed by atoms with van der Waals surface area (Å²) in [5, 5.41) is 9.15. The van der Waals surface area contributed by atoms with Crippen molar-refractivity contribution in [3.8, 4) is 6.07 Å². The summed E-state index contributed by atoms with van der Waals surface area (Å²) >= 11 is 0. The maximum atomic E-state index is 13.3. The monoisotopic (exact) mass is 383 g/mol. The van der Waals surface area contributed by atoms with Crippen molar-refractivity contribution >= 4 is 9.84 Å². The molecule has 0 aromatic heterocycles. The zero-order chi connectivity index (χ0) is 19.7. The lowest BCUT2D eigenvalue weighted by Crippen LogP contribution is -2.19. The van der Waals surface area contributed by atoms with Crippen LogP contribution >= 0.6 is 0 Å². The van der Waals surface area contributed by atoms with Gasteiger partial charge in [-0.2, -0.15) is 5.26 Å².